The zero-order chi connectivity index (χ0) is 17.9. The van der Waals surface area contributed by atoms with Gasteiger partial charge in [0.25, 0.3) is 0 Å². The molecule has 2 amide bonds. The Labute approximate surface area is 142 Å². The Kier molecular flexibility index (Phi) is 5.66. The number of nitrogens with one attached hydrogen (secondary N) is 2. The number of ether oxygens (including phenoxy) is 1. The highest BCUT2D eigenvalue weighted by molar-refractivity contribution is 5.90. The Morgan fingerprint density at radius 3 is 2.54 bits per heavy atom. The molecule has 2 N–H and O–H groups in total. The molecule has 0 spiro atoms. The van der Waals surface area contributed by atoms with Crippen LogP contribution in [0.5, 0.6) is 0 Å². The lowest BCUT2D eigenvalue weighted by Gasteiger charge is -2.16. The highest BCUT2D eigenvalue weighted by Gasteiger charge is 2.20. The molecule has 7 nitrogen and oxygen atoms in total. The Bertz CT molecular complexity index is 703. The van der Waals surface area contributed by atoms with Crippen LogP contribution in [0.1, 0.15) is 48.8 Å². The third-order valence-electron chi connectivity index (χ3n) is 3.80. The van der Waals surface area contributed by atoms with Crippen LogP contribution in [0.4, 0.5) is 10.5 Å². The number of furan rings is 1. The maximum Gasteiger partial charge on any atom is 0.320 e. The molecule has 2 heterocycles. The molecule has 0 bridgehead atoms. The normalized spacial score (nSPS) is 12.5. The summed E-state index contributed by atoms with van der Waals surface area (Å²) in [5.74, 6) is 1.45. The number of amides is 2. The predicted molar refractivity (Wildman–Crippen MR) is 92.3 cm³/mol. The minimum absolute atomic E-state index is 0.231. The van der Waals surface area contributed by atoms with Gasteiger partial charge in [-0.1, -0.05) is 0 Å². The van der Waals surface area contributed by atoms with Crippen LogP contribution in [0.25, 0.3) is 0 Å². The van der Waals surface area contributed by atoms with Crippen LogP contribution in [0.3, 0.4) is 0 Å². The molecule has 2 aromatic rings. The monoisotopic (exact) mass is 334 g/mol. The number of hydrogen-bond acceptors (Lipinski definition) is 4. The molecule has 0 saturated carbocycles. The van der Waals surface area contributed by atoms with E-state index in [1.165, 1.54) is 0 Å². The van der Waals surface area contributed by atoms with Crippen molar-refractivity contribution < 1.29 is 13.9 Å². The van der Waals surface area contributed by atoms with E-state index >= 15 is 0 Å². The van der Waals surface area contributed by atoms with Crippen molar-refractivity contribution in [1.29, 1.82) is 0 Å². The first kappa shape index (κ1) is 18.1. The summed E-state index contributed by atoms with van der Waals surface area (Å²) in [5.41, 5.74) is 2.44. The number of methoxy groups -OCH3 is 1. The molecule has 0 aliphatic rings. The Hall–Kier alpha value is -2.28. The number of aryl methyl sites for hydroxylation is 2. The second-order valence-corrected chi connectivity index (χ2v) is 6.14. The molecule has 0 aliphatic heterocycles. The van der Waals surface area contributed by atoms with E-state index in [4.69, 9.17) is 9.15 Å². The summed E-state index contributed by atoms with van der Waals surface area (Å²) < 4.78 is 12.7. The van der Waals surface area contributed by atoms with Crippen LogP contribution < -0.4 is 10.6 Å². The van der Waals surface area contributed by atoms with Gasteiger partial charge in [0.1, 0.15) is 17.6 Å². The summed E-state index contributed by atoms with van der Waals surface area (Å²) in [6, 6.07) is 3.25. The quantitative estimate of drug-likeness (QED) is 0.847. The molecule has 1 atom stereocenters. The van der Waals surface area contributed by atoms with E-state index in [1.54, 1.807) is 7.11 Å². The first-order valence-corrected chi connectivity index (χ1v) is 8.02. The van der Waals surface area contributed by atoms with Gasteiger partial charge < -0.3 is 19.8 Å². The number of rotatable bonds is 6. The Balaban J connectivity index is 2.11. The van der Waals surface area contributed by atoms with Gasteiger partial charge in [-0.2, -0.15) is 5.10 Å². The molecule has 132 valence electrons. The van der Waals surface area contributed by atoms with E-state index < -0.39 is 0 Å². The third-order valence-corrected chi connectivity index (χ3v) is 3.80. The molecule has 2 rings (SSSR count). The van der Waals surface area contributed by atoms with Crippen LogP contribution in [0.2, 0.25) is 0 Å². The largest absolute Gasteiger partial charge is 0.464 e. The summed E-state index contributed by atoms with van der Waals surface area (Å²) in [6.45, 7) is 10.1. The summed E-state index contributed by atoms with van der Waals surface area (Å²) in [6.07, 6.45) is 0. The van der Waals surface area contributed by atoms with Crippen LogP contribution in [0, 0.1) is 20.8 Å². The molecule has 7 heteroatoms. The van der Waals surface area contributed by atoms with Crippen LogP contribution in [-0.2, 0) is 4.74 Å². The molecule has 0 aliphatic carbocycles. The van der Waals surface area contributed by atoms with Gasteiger partial charge in [-0.25, -0.2) is 4.79 Å². The number of carbonyl (C=O) groups excluding carboxylic acids is 1. The summed E-state index contributed by atoms with van der Waals surface area (Å²) in [5, 5.41) is 10.2. The van der Waals surface area contributed by atoms with Crippen LogP contribution in [-0.4, -0.2) is 29.5 Å². The maximum atomic E-state index is 12.4. The lowest BCUT2D eigenvalue weighted by Crippen LogP contribution is -2.34. The Morgan fingerprint density at radius 1 is 1.33 bits per heavy atom. The third kappa shape index (κ3) is 3.97. The fourth-order valence-corrected chi connectivity index (χ4v) is 2.66. The van der Waals surface area contributed by atoms with Crippen molar-refractivity contribution >= 4 is 11.7 Å². The first-order chi connectivity index (χ1) is 11.3. The van der Waals surface area contributed by atoms with Gasteiger partial charge in [-0.15, -0.1) is 0 Å². The van der Waals surface area contributed by atoms with Crippen molar-refractivity contribution in [3.05, 3.63) is 35.0 Å². The van der Waals surface area contributed by atoms with E-state index in [-0.39, 0.29) is 18.1 Å². The first-order valence-electron chi connectivity index (χ1n) is 8.02. The molecule has 0 aromatic carbocycles. The van der Waals surface area contributed by atoms with E-state index in [0.29, 0.717) is 12.4 Å². The number of aromatic nitrogens is 2. The van der Waals surface area contributed by atoms with Gasteiger partial charge in [0.05, 0.1) is 23.7 Å². The second kappa shape index (κ2) is 7.53. The second-order valence-electron chi connectivity index (χ2n) is 6.14. The average molecular weight is 334 g/mol. The summed E-state index contributed by atoms with van der Waals surface area (Å²) in [4.78, 5) is 12.4. The van der Waals surface area contributed by atoms with E-state index in [9.17, 15) is 4.79 Å². The zero-order valence-electron chi connectivity index (χ0n) is 15.1. The van der Waals surface area contributed by atoms with E-state index in [0.717, 1.165) is 22.8 Å². The summed E-state index contributed by atoms with van der Waals surface area (Å²) >= 11 is 0. The van der Waals surface area contributed by atoms with Crippen LogP contribution >= 0.6 is 0 Å². The minimum atomic E-state index is -0.357. The van der Waals surface area contributed by atoms with Gasteiger partial charge in [0.15, 0.2) is 0 Å². The molecule has 2 aromatic heterocycles. The van der Waals surface area contributed by atoms with E-state index in [1.807, 2.05) is 37.6 Å². The number of nitrogens with zero attached hydrogens (tertiary/aromatic N) is 2. The van der Waals surface area contributed by atoms with Crippen molar-refractivity contribution in [1.82, 2.24) is 15.1 Å². The van der Waals surface area contributed by atoms with Gasteiger partial charge >= 0.3 is 6.03 Å². The fourth-order valence-electron chi connectivity index (χ4n) is 2.66. The smallest absolute Gasteiger partial charge is 0.320 e. The molecular formula is C17H26N4O3. The van der Waals surface area contributed by atoms with Gasteiger partial charge in [-0.05, 0) is 46.8 Å². The van der Waals surface area contributed by atoms with E-state index in [2.05, 4.69) is 29.6 Å². The highest BCUT2D eigenvalue weighted by Crippen LogP contribution is 2.23. The number of hydrogen-bond donors (Lipinski definition) is 2. The fraction of sp³-hybridized carbons (Fsp3) is 0.529. The van der Waals surface area contributed by atoms with Crippen molar-refractivity contribution in [3.8, 4) is 0 Å². The number of anilines is 1. The van der Waals surface area contributed by atoms with Gasteiger partial charge in [0.2, 0.25) is 0 Å². The van der Waals surface area contributed by atoms with Crippen molar-refractivity contribution in [2.24, 2.45) is 0 Å². The average Bonchev–Trinajstić information content (AvgIpc) is 3.05. The molecule has 0 fully saturated rings. The molecular weight excluding hydrogens is 308 g/mol. The lowest BCUT2D eigenvalue weighted by molar-refractivity contribution is 0.158. The predicted octanol–water partition coefficient (Wildman–Crippen LogP) is 3.49. The summed E-state index contributed by atoms with van der Waals surface area (Å²) in [7, 11) is 1.59. The molecule has 0 saturated heterocycles. The molecule has 0 unspecified atom stereocenters. The van der Waals surface area contributed by atoms with Crippen molar-refractivity contribution in [2.45, 2.75) is 46.7 Å². The van der Waals surface area contributed by atoms with Gasteiger partial charge in [-0.3, -0.25) is 4.68 Å². The SMILES string of the molecule is COC[C@@H](NC(=O)Nc1c(C)nn(C(C)C)c1C)c1ccc(C)o1. The number of urea groups is 1. The Morgan fingerprint density at radius 2 is 2.04 bits per heavy atom. The maximum absolute atomic E-state index is 12.4. The number of carbonyl (C=O) groups is 1. The standard InChI is InChI=1S/C17H26N4O3/c1-10(2)21-13(5)16(12(4)20-21)19-17(22)18-14(9-23-6)15-8-7-11(3)24-15/h7-8,10,14H,9H2,1-6H3,(H2,18,19,22)/t14-/m1/s1. The van der Waals surface area contributed by atoms with Crippen molar-refractivity contribution in [3.63, 3.8) is 0 Å². The molecule has 24 heavy (non-hydrogen) atoms. The van der Waals surface area contributed by atoms with Crippen molar-refractivity contribution in [2.75, 3.05) is 19.0 Å². The topological polar surface area (TPSA) is 81.3 Å². The zero-order valence-corrected chi connectivity index (χ0v) is 15.1. The van der Waals surface area contributed by atoms with Crippen LogP contribution in [0.15, 0.2) is 16.5 Å². The van der Waals surface area contributed by atoms with Gasteiger partial charge in [0, 0.05) is 13.2 Å². The lowest BCUT2D eigenvalue weighted by atomic mass is 10.2. The molecule has 0 radical (unpaired) electrons. The minimum Gasteiger partial charge on any atom is -0.464 e. The highest BCUT2D eigenvalue weighted by atomic mass is 16.5.